The summed E-state index contributed by atoms with van der Waals surface area (Å²) in [5.41, 5.74) is 1.11. The van der Waals surface area contributed by atoms with Gasteiger partial charge in [0.15, 0.2) is 20.5 Å². The Bertz CT molecular complexity index is 1640. The van der Waals surface area contributed by atoms with Gasteiger partial charge in [-0.15, -0.1) is 16.4 Å². The lowest BCUT2D eigenvalue weighted by Crippen LogP contribution is -2.38. The molecule has 1 aliphatic rings. The molecule has 1 saturated heterocycles. The van der Waals surface area contributed by atoms with Gasteiger partial charge in [0, 0.05) is 49.2 Å². The van der Waals surface area contributed by atoms with E-state index in [4.69, 9.17) is 11.6 Å². The Hall–Kier alpha value is -3.09. The highest BCUT2D eigenvalue weighted by atomic mass is 35.5. The van der Waals surface area contributed by atoms with Crippen LogP contribution in [-0.4, -0.2) is 70.3 Å². The highest BCUT2D eigenvalue weighted by Crippen LogP contribution is 2.33. The van der Waals surface area contributed by atoms with Crippen LogP contribution in [0.25, 0.3) is 10.8 Å². The maximum Gasteiger partial charge on any atom is 0.223 e. The summed E-state index contributed by atoms with van der Waals surface area (Å²) in [7, 11) is 0.171. The van der Waals surface area contributed by atoms with Crippen molar-refractivity contribution in [2.45, 2.75) is 36.5 Å². The van der Waals surface area contributed by atoms with Crippen LogP contribution in [0.3, 0.4) is 0 Å². The third-order valence-electron chi connectivity index (χ3n) is 7.03. The Morgan fingerprint density at radius 1 is 1.18 bits per heavy atom. The van der Waals surface area contributed by atoms with E-state index < -0.39 is 9.84 Å². The van der Waals surface area contributed by atoms with Crippen molar-refractivity contribution in [3.8, 4) is 0 Å². The van der Waals surface area contributed by atoms with Crippen molar-refractivity contribution < 1.29 is 13.2 Å². The van der Waals surface area contributed by atoms with Gasteiger partial charge in [0.2, 0.25) is 5.91 Å². The summed E-state index contributed by atoms with van der Waals surface area (Å²) in [5.74, 6) is 0.619. The zero-order valence-corrected chi connectivity index (χ0v) is 23.5. The topological polar surface area (TPSA) is 126 Å². The van der Waals surface area contributed by atoms with E-state index in [-0.39, 0.29) is 28.9 Å². The van der Waals surface area contributed by atoms with Crippen LogP contribution in [0.15, 0.2) is 46.3 Å². The molecule has 0 bridgehead atoms. The normalized spacial score (nSPS) is 15.4. The quantitative estimate of drug-likeness (QED) is 0.362. The van der Waals surface area contributed by atoms with E-state index in [0.717, 1.165) is 34.1 Å². The number of aromatic nitrogens is 5. The Kier molecular flexibility index (Phi) is 7.64. The lowest BCUT2D eigenvalue weighted by Gasteiger charge is -2.32. The second-order valence-corrected chi connectivity index (χ2v) is 12.9. The predicted molar refractivity (Wildman–Crippen MR) is 146 cm³/mol. The van der Waals surface area contributed by atoms with Gasteiger partial charge in [-0.3, -0.25) is 9.79 Å². The van der Waals surface area contributed by atoms with Gasteiger partial charge in [-0.25, -0.2) is 13.5 Å². The number of fused-ring (bicyclic) bond motifs is 1. The first-order valence-corrected chi connectivity index (χ1v) is 15.1. The number of carbonyl (C=O) groups excluding carboxylic acids is 1. The molecule has 38 heavy (non-hydrogen) atoms. The number of benzene rings is 2. The molecule has 1 amide bonds. The zero-order chi connectivity index (χ0) is 26.9. The van der Waals surface area contributed by atoms with Crippen LogP contribution in [0.2, 0.25) is 5.02 Å². The van der Waals surface area contributed by atoms with Crippen LogP contribution in [0.4, 0.5) is 0 Å². The highest BCUT2D eigenvalue weighted by molar-refractivity contribution is 7.91. The zero-order valence-electron chi connectivity index (χ0n) is 21.1. The number of sulfone groups is 1. The fourth-order valence-corrected chi connectivity index (χ4v) is 7.62. The number of aromatic amines is 1. The number of likely N-dealkylation sites (tertiary alicyclic amines) is 1. The molecular formula is C25H28ClN7O3S2. The molecule has 0 aliphatic carbocycles. The van der Waals surface area contributed by atoms with E-state index in [1.54, 1.807) is 59.7 Å². The van der Waals surface area contributed by atoms with Gasteiger partial charge in [-0.05, 0) is 64.2 Å². The van der Waals surface area contributed by atoms with Crippen LogP contribution in [0.5, 0.6) is 0 Å². The van der Waals surface area contributed by atoms with Crippen molar-refractivity contribution in [2.24, 2.45) is 12.0 Å². The largest absolute Gasteiger partial charge is 0.343 e. The second-order valence-electron chi connectivity index (χ2n) is 9.38. The number of halogens is 1. The van der Waals surface area contributed by atoms with Crippen LogP contribution < -0.4 is 4.80 Å². The van der Waals surface area contributed by atoms with E-state index in [0.29, 0.717) is 30.4 Å². The molecule has 1 aliphatic heterocycles. The SMILES string of the molecule is C/N=c1\sc(C2CCN(C(=O)CCS(=O)(=O)c3ccc4cc(Cl)ccc4c3)CC2)c(Cc2nnn[nH]2)n1C. The monoisotopic (exact) mass is 573 g/mol. The molecule has 0 unspecified atom stereocenters. The first-order valence-electron chi connectivity index (χ1n) is 12.3. The summed E-state index contributed by atoms with van der Waals surface area (Å²) in [6.07, 6.45) is 2.14. The van der Waals surface area contributed by atoms with Gasteiger partial charge >= 0.3 is 0 Å². The van der Waals surface area contributed by atoms with Gasteiger partial charge in [-0.1, -0.05) is 23.7 Å². The molecule has 200 valence electrons. The number of carbonyl (C=O) groups is 1. The Morgan fingerprint density at radius 2 is 1.92 bits per heavy atom. The van der Waals surface area contributed by atoms with E-state index in [9.17, 15) is 13.2 Å². The summed E-state index contributed by atoms with van der Waals surface area (Å²) >= 11 is 7.69. The van der Waals surface area contributed by atoms with Crippen molar-refractivity contribution in [1.29, 1.82) is 0 Å². The summed E-state index contributed by atoms with van der Waals surface area (Å²) < 4.78 is 28.0. The standard InChI is InChI=1S/C25H28ClN7O3S2/c1-27-25-32(2)21(15-22-28-30-31-29-22)24(37-25)16-7-10-33(11-8-16)23(34)9-12-38(35,36)20-6-4-17-13-19(26)5-3-18(17)14-20/h3-6,13-14,16H,7-12,15H2,1-2H3,(H,28,29,30,31)/b27-25-. The van der Waals surface area contributed by atoms with Gasteiger partial charge < -0.3 is 9.47 Å². The number of nitrogens with zero attached hydrogens (tertiary/aromatic N) is 6. The first-order chi connectivity index (χ1) is 18.2. The fourth-order valence-electron chi connectivity index (χ4n) is 4.92. The van der Waals surface area contributed by atoms with Gasteiger partial charge in [0.25, 0.3) is 0 Å². The number of hydrogen-bond acceptors (Lipinski definition) is 8. The number of thiazole rings is 1. The number of amides is 1. The number of piperidine rings is 1. The number of tetrazole rings is 1. The molecular weight excluding hydrogens is 546 g/mol. The Morgan fingerprint density at radius 3 is 2.63 bits per heavy atom. The maximum absolute atomic E-state index is 13.0. The fraction of sp³-hybridized carbons (Fsp3) is 0.400. The summed E-state index contributed by atoms with van der Waals surface area (Å²) in [4.78, 5) is 21.5. The molecule has 0 spiro atoms. The molecule has 0 saturated carbocycles. The van der Waals surface area contributed by atoms with Crippen molar-refractivity contribution in [1.82, 2.24) is 30.1 Å². The Labute approximate surface area is 229 Å². The highest BCUT2D eigenvalue weighted by Gasteiger charge is 2.29. The summed E-state index contributed by atoms with van der Waals surface area (Å²) in [5, 5.41) is 16.5. The number of nitrogens with one attached hydrogen (secondary N) is 1. The minimum absolute atomic E-state index is 0.0395. The molecule has 0 atom stereocenters. The van der Waals surface area contributed by atoms with Crippen molar-refractivity contribution in [2.75, 3.05) is 25.9 Å². The van der Waals surface area contributed by atoms with E-state index in [2.05, 4.69) is 30.2 Å². The minimum atomic E-state index is -3.60. The summed E-state index contributed by atoms with van der Waals surface area (Å²) in [6, 6.07) is 10.3. The van der Waals surface area contributed by atoms with E-state index in [1.807, 2.05) is 7.05 Å². The van der Waals surface area contributed by atoms with Crippen molar-refractivity contribution in [3.05, 3.63) is 62.6 Å². The molecule has 3 heterocycles. The second kappa shape index (κ2) is 11.0. The average Bonchev–Trinajstić information content (AvgIpc) is 3.55. The molecule has 2 aromatic heterocycles. The molecule has 13 heteroatoms. The van der Waals surface area contributed by atoms with E-state index >= 15 is 0 Å². The molecule has 1 N–H and O–H groups in total. The molecule has 5 rings (SSSR count). The molecule has 2 aromatic carbocycles. The minimum Gasteiger partial charge on any atom is -0.343 e. The smallest absolute Gasteiger partial charge is 0.223 e. The lowest BCUT2D eigenvalue weighted by molar-refractivity contribution is -0.131. The lowest BCUT2D eigenvalue weighted by atomic mass is 9.93. The number of hydrogen-bond donors (Lipinski definition) is 1. The number of H-pyrrole nitrogens is 1. The van der Waals surface area contributed by atoms with Crippen molar-refractivity contribution in [3.63, 3.8) is 0 Å². The predicted octanol–water partition coefficient (Wildman–Crippen LogP) is 3.10. The van der Waals surface area contributed by atoms with Crippen LogP contribution in [0, 0.1) is 0 Å². The third-order valence-corrected chi connectivity index (χ3v) is 10.4. The Balaban J connectivity index is 1.22. The number of rotatable bonds is 7. The van der Waals surface area contributed by atoms with Gasteiger partial charge in [0.05, 0.1) is 17.1 Å². The first kappa shape index (κ1) is 26.5. The van der Waals surface area contributed by atoms with Crippen LogP contribution in [-0.2, 0) is 28.1 Å². The van der Waals surface area contributed by atoms with Crippen molar-refractivity contribution >= 4 is 49.5 Å². The van der Waals surface area contributed by atoms with Gasteiger partial charge in [0.1, 0.15) is 0 Å². The van der Waals surface area contributed by atoms with Crippen LogP contribution in [0.1, 0.15) is 41.6 Å². The molecule has 0 radical (unpaired) electrons. The third kappa shape index (κ3) is 5.52. The molecule has 10 nitrogen and oxygen atoms in total. The average molecular weight is 574 g/mol. The van der Waals surface area contributed by atoms with E-state index in [1.165, 1.54) is 4.88 Å². The maximum atomic E-state index is 13.0. The summed E-state index contributed by atoms with van der Waals surface area (Å²) in [6.45, 7) is 1.17. The molecule has 4 aromatic rings. The molecule has 1 fully saturated rings. The van der Waals surface area contributed by atoms with Crippen LogP contribution >= 0.6 is 22.9 Å². The van der Waals surface area contributed by atoms with Gasteiger partial charge in [-0.2, -0.15) is 0 Å².